The predicted molar refractivity (Wildman–Crippen MR) is 66.9 cm³/mol. The summed E-state index contributed by atoms with van der Waals surface area (Å²) < 4.78 is 10.8. The van der Waals surface area contributed by atoms with Crippen molar-refractivity contribution in [3.63, 3.8) is 0 Å². The van der Waals surface area contributed by atoms with Crippen molar-refractivity contribution in [3.05, 3.63) is 23.8 Å². The van der Waals surface area contributed by atoms with E-state index in [1.807, 2.05) is 18.2 Å². The van der Waals surface area contributed by atoms with E-state index < -0.39 is 6.10 Å². The molecule has 5 nitrogen and oxygen atoms in total. The van der Waals surface area contributed by atoms with E-state index in [9.17, 15) is 5.11 Å². The van der Waals surface area contributed by atoms with Crippen LogP contribution in [0, 0.1) is 0 Å². The Kier molecular flexibility index (Phi) is 4.41. The first-order valence-electron chi connectivity index (χ1n) is 6.07. The van der Waals surface area contributed by atoms with Crippen molar-refractivity contribution in [2.75, 3.05) is 26.9 Å². The van der Waals surface area contributed by atoms with Crippen LogP contribution in [0.15, 0.2) is 18.2 Å². The van der Waals surface area contributed by atoms with Gasteiger partial charge in [0.1, 0.15) is 11.5 Å². The lowest BCUT2D eigenvalue weighted by Crippen LogP contribution is -2.34. The zero-order valence-corrected chi connectivity index (χ0v) is 10.4. The normalized spacial score (nSPS) is 19.8. The number of benzene rings is 1. The molecule has 0 amide bonds. The van der Waals surface area contributed by atoms with Gasteiger partial charge in [0, 0.05) is 24.6 Å². The Morgan fingerprint density at radius 3 is 3.11 bits per heavy atom. The van der Waals surface area contributed by atoms with Crippen molar-refractivity contribution >= 4 is 0 Å². The number of aliphatic hydroxyl groups is 2. The SMILES string of the molecule is COc1ccc2c(c1)C(NCC(O)CO)CCO2. The van der Waals surface area contributed by atoms with Crippen LogP contribution in [-0.2, 0) is 0 Å². The molecule has 0 spiro atoms. The average molecular weight is 253 g/mol. The fourth-order valence-electron chi connectivity index (χ4n) is 2.05. The van der Waals surface area contributed by atoms with Gasteiger partial charge in [0.15, 0.2) is 0 Å². The second-order valence-electron chi connectivity index (χ2n) is 4.34. The summed E-state index contributed by atoms with van der Waals surface area (Å²) in [7, 11) is 1.63. The van der Waals surface area contributed by atoms with Crippen LogP contribution >= 0.6 is 0 Å². The number of hydrogen-bond donors (Lipinski definition) is 3. The van der Waals surface area contributed by atoms with E-state index in [0.717, 1.165) is 23.5 Å². The van der Waals surface area contributed by atoms with Gasteiger partial charge in [-0.2, -0.15) is 0 Å². The zero-order valence-electron chi connectivity index (χ0n) is 10.4. The third-order valence-electron chi connectivity index (χ3n) is 3.07. The minimum absolute atomic E-state index is 0.116. The molecule has 100 valence electrons. The lowest BCUT2D eigenvalue weighted by atomic mass is 10.00. The maximum atomic E-state index is 9.37. The van der Waals surface area contributed by atoms with E-state index in [2.05, 4.69) is 5.32 Å². The Labute approximate surface area is 106 Å². The molecule has 0 fully saturated rings. The first-order valence-corrected chi connectivity index (χ1v) is 6.07. The summed E-state index contributed by atoms with van der Waals surface area (Å²) in [5.41, 5.74) is 1.03. The molecule has 2 rings (SSSR count). The third-order valence-corrected chi connectivity index (χ3v) is 3.07. The van der Waals surface area contributed by atoms with E-state index in [1.165, 1.54) is 0 Å². The van der Waals surface area contributed by atoms with Gasteiger partial charge in [-0.15, -0.1) is 0 Å². The van der Waals surface area contributed by atoms with Gasteiger partial charge in [0.05, 0.1) is 26.4 Å². The van der Waals surface area contributed by atoms with E-state index in [-0.39, 0.29) is 12.6 Å². The van der Waals surface area contributed by atoms with Crippen molar-refractivity contribution < 1.29 is 19.7 Å². The largest absolute Gasteiger partial charge is 0.497 e. The molecular weight excluding hydrogens is 234 g/mol. The van der Waals surface area contributed by atoms with Crippen molar-refractivity contribution in [2.45, 2.75) is 18.6 Å². The molecule has 1 aromatic rings. The van der Waals surface area contributed by atoms with Crippen LogP contribution in [0.5, 0.6) is 11.5 Å². The van der Waals surface area contributed by atoms with Crippen LogP contribution in [0.3, 0.4) is 0 Å². The highest BCUT2D eigenvalue weighted by atomic mass is 16.5. The summed E-state index contributed by atoms with van der Waals surface area (Å²) in [5, 5.41) is 21.4. The second-order valence-corrected chi connectivity index (χ2v) is 4.34. The van der Waals surface area contributed by atoms with Gasteiger partial charge in [-0.3, -0.25) is 0 Å². The third kappa shape index (κ3) is 2.93. The van der Waals surface area contributed by atoms with Gasteiger partial charge in [0.2, 0.25) is 0 Å². The van der Waals surface area contributed by atoms with Crippen LogP contribution in [-0.4, -0.2) is 43.2 Å². The molecule has 3 N–H and O–H groups in total. The fourth-order valence-corrected chi connectivity index (χ4v) is 2.05. The molecule has 0 radical (unpaired) electrons. The molecule has 18 heavy (non-hydrogen) atoms. The Hall–Kier alpha value is -1.30. The molecule has 1 aliphatic heterocycles. The van der Waals surface area contributed by atoms with Gasteiger partial charge in [-0.05, 0) is 18.2 Å². The van der Waals surface area contributed by atoms with E-state index in [1.54, 1.807) is 7.11 Å². The van der Waals surface area contributed by atoms with Crippen molar-refractivity contribution in [2.24, 2.45) is 0 Å². The van der Waals surface area contributed by atoms with Gasteiger partial charge in [-0.25, -0.2) is 0 Å². The number of fused-ring (bicyclic) bond motifs is 1. The highest BCUT2D eigenvalue weighted by Crippen LogP contribution is 2.34. The summed E-state index contributed by atoms with van der Waals surface area (Å²) in [5.74, 6) is 1.63. The standard InChI is InChI=1S/C13H19NO4/c1-17-10-2-3-13-11(6-10)12(4-5-18-13)14-7-9(16)8-15/h2-3,6,9,12,14-16H,4-5,7-8H2,1H3. The topological polar surface area (TPSA) is 71.0 Å². The molecule has 5 heteroatoms. The average Bonchev–Trinajstić information content (AvgIpc) is 2.43. The Balaban J connectivity index is 2.10. The highest BCUT2D eigenvalue weighted by molar-refractivity contribution is 5.43. The van der Waals surface area contributed by atoms with Gasteiger partial charge >= 0.3 is 0 Å². The Morgan fingerprint density at radius 1 is 1.56 bits per heavy atom. The maximum Gasteiger partial charge on any atom is 0.124 e. The first kappa shape index (κ1) is 13.1. The minimum atomic E-state index is -0.734. The summed E-state index contributed by atoms with van der Waals surface area (Å²) in [6.45, 7) is 0.769. The molecule has 0 saturated heterocycles. The van der Waals surface area contributed by atoms with Crippen LogP contribution in [0.4, 0.5) is 0 Å². The highest BCUT2D eigenvalue weighted by Gasteiger charge is 2.22. The van der Waals surface area contributed by atoms with Gasteiger partial charge in [0.25, 0.3) is 0 Å². The molecule has 2 atom stereocenters. The predicted octanol–water partition coefficient (Wildman–Crippen LogP) is 0.462. The Bertz CT molecular complexity index is 397. The van der Waals surface area contributed by atoms with Gasteiger partial charge < -0.3 is 25.0 Å². The first-order chi connectivity index (χ1) is 8.74. The number of aliphatic hydroxyl groups excluding tert-OH is 2. The number of rotatable bonds is 5. The van der Waals surface area contributed by atoms with Crippen LogP contribution in [0.1, 0.15) is 18.0 Å². The molecule has 0 aromatic heterocycles. The molecule has 1 aromatic carbocycles. The molecule has 1 aliphatic rings. The van der Waals surface area contributed by atoms with Crippen LogP contribution < -0.4 is 14.8 Å². The van der Waals surface area contributed by atoms with Crippen molar-refractivity contribution in [1.82, 2.24) is 5.32 Å². The van der Waals surface area contributed by atoms with E-state index >= 15 is 0 Å². The summed E-state index contributed by atoms with van der Waals surface area (Å²) in [6.07, 6.45) is 0.0973. The van der Waals surface area contributed by atoms with E-state index in [4.69, 9.17) is 14.6 Å². The number of nitrogens with one attached hydrogen (secondary N) is 1. The molecule has 0 bridgehead atoms. The maximum absolute atomic E-state index is 9.37. The number of hydrogen-bond acceptors (Lipinski definition) is 5. The zero-order chi connectivity index (χ0) is 13.0. The monoisotopic (exact) mass is 253 g/mol. The second kappa shape index (κ2) is 6.04. The fraction of sp³-hybridized carbons (Fsp3) is 0.538. The lowest BCUT2D eigenvalue weighted by molar-refractivity contribution is 0.0898. The summed E-state index contributed by atoms with van der Waals surface area (Å²) in [6, 6.07) is 5.82. The number of ether oxygens (including phenoxy) is 2. The minimum Gasteiger partial charge on any atom is -0.497 e. The number of methoxy groups -OCH3 is 1. The lowest BCUT2D eigenvalue weighted by Gasteiger charge is -2.27. The van der Waals surface area contributed by atoms with E-state index in [0.29, 0.717) is 13.2 Å². The summed E-state index contributed by atoms with van der Waals surface area (Å²) in [4.78, 5) is 0. The van der Waals surface area contributed by atoms with Crippen LogP contribution in [0.2, 0.25) is 0 Å². The molecule has 0 aliphatic carbocycles. The van der Waals surface area contributed by atoms with Gasteiger partial charge in [-0.1, -0.05) is 0 Å². The summed E-state index contributed by atoms with van der Waals surface area (Å²) >= 11 is 0. The van der Waals surface area contributed by atoms with Crippen molar-refractivity contribution in [1.29, 1.82) is 0 Å². The quantitative estimate of drug-likeness (QED) is 0.711. The Morgan fingerprint density at radius 2 is 2.39 bits per heavy atom. The molecule has 1 heterocycles. The molecule has 0 saturated carbocycles. The molecular formula is C13H19NO4. The molecule has 2 unspecified atom stereocenters. The van der Waals surface area contributed by atoms with Crippen molar-refractivity contribution in [3.8, 4) is 11.5 Å². The van der Waals surface area contributed by atoms with Crippen LogP contribution in [0.25, 0.3) is 0 Å². The smallest absolute Gasteiger partial charge is 0.124 e.